The van der Waals surface area contributed by atoms with Crippen LogP contribution in [0, 0.1) is 0 Å². The van der Waals surface area contributed by atoms with Gasteiger partial charge in [0.25, 0.3) is 11.5 Å². The van der Waals surface area contributed by atoms with Gasteiger partial charge in [-0.1, -0.05) is 0 Å². The number of benzene rings is 1. The van der Waals surface area contributed by atoms with Crippen molar-refractivity contribution in [1.82, 2.24) is 34.9 Å². The van der Waals surface area contributed by atoms with Gasteiger partial charge in [-0.3, -0.25) is 19.7 Å². The number of nitrogens with zero attached hydrogens (tertiary/aromatic N) is 5. The number of hydrogen-bond donors (Lipinski definition) is 3. The number of anilines is 2. The largest absolute Gasteiger partial charge is 0.378 e. The average molecular weight is 525 g/mol. The van der Waals surface area contributed by atoms with Crippen LogP contribution in [0.2, 0.25) is 0 Å². The Hall–Kier alpha value is -4.61. The SMILES string of the molecule is CN(C)Cc1[nH]nc2cc(Nc3nc(-c4cncc(C(=O)N5CCOCC5)c4)cc4cc[nH]c(=O)c34)ccc12. The third kappa shape index (κ3) is 4.97. The van der Waals surface area contributed by atoms with Crippen LogP contribution in [-0.2, 0) is 11.3 Å². The fraction of sp³-hybridized carbons (Fsp3) is 0.250. The number of aromatic nitrogens is 5. The van der Waals surface area contributed by atoms with E-state index in [-0.39, 0.29) is 11.5 Å². The van der Waals surface area contributed by atoms with Gasteiger partial charge in [-0.2, -0.15) is 5.10 Å². The normalized spacial score (nSPS) is 13.9. The summed E-state index contributed by atoms with van der Waals surface area (Å²) in [6.45, 7) is 2.88. The zero-order chi connectivity index (χ0) is 26.9. The third-order valence-corrected chi connectivity index (χ3v) is 6.70. The first-order valence-electron chi connectivity index (χ1n) is 12.7. The second-order valence-electron chi connectivity index (χ2n) is 9.79. The molecule has 6 rings (SSSR count). The summed E-state index contributed by atoms with van der Waals surface area (Å²) in [5.74, 6) is 0.307. The lowest BCUT2D eigenvalue weighted by molar-refractivity contribution is 0.0302. The first kappa shape index (κ1) is 24.7. The minimum Gasteiger partial charge on any atom is -0.378 e. The Bertz CT molecular complexity index is 1740. The molecule has 0 aliphatic carbocycles. The molecule has 1 fully saturated rings. The maximum Gasteiger partial charge on any atom is 0.259 e. The number of H-pyrrole nitrogens is 2. The minimum absolute atomic E-state index is 0.0934. The molecule has 4 aromatic heterocycles. The molecule has 0 unspecified atom stereocenters. The highest BCUT2D eigenvalue weighted by atomic mass is 16.5. The summed E-state index contributed by atoms with van der Waals surface area (Å²) in [5.41, 5.74) is 4.08. The lowest BCUT2D eigenvalue weighted by atomic mass is 10.1. The van der Waals surface area contributed by atoms with Crippen molar-refractivity contribution in [2.75, 3.05) is 45.7 Å². The van der Waals surface area contributed by atoms with Crippen molar-refractivity contribution in [1.29, 1.82) is 0 Å². The fourth-order valence-corrected chi connectivity index (χ4v) is 4.82. The van der Waals surface area contributed by atoms with E-state index in [0.717, 1.165) is 28.8 Å². The van der Waals surface area contributed by atoms with Gasteiger partial charge < -0.3 is 24.8 Å². The Balaban J connectivity index is 1.38. The molecule has 1 aromatic carbocycles. The molecular weight excluding hydrogens is 496 g/mol. The fourth-order valence-electron chi connectivity index (χ4n) is 4.82. The highest BCUT2D eigenvalue weighted by Gasteiger charge is 2.20. The zero-order valence-electron chi connectivity index (χ0n) is 21.7. The summed E-state index contributed by atoms with van der Waals surface area (Å²) >= 11 is 0. The molecular formula is C28H28N8O3. The van der Waals surface area contributed by atoms with Gasteiger partial charge in [0.2, 0.25) is 0 Å². The number of morpholine rings is 1. The van der Waals surface area contributed by atoms with Crippen LogP contribution >= 0.6 is 0 Å². The lowest BCUT2D eigenvalue weighted by Gasteiger charge is -2.26. The summed E-state index contributed by atoms with van der Waals surface area (Å²) < 4.78 is 5.37. The van der Waals surface area contributed by atoms with E-state index < -0.39 is 0 Å². The molecule has 11 heteroatoms. The molecule has 0 atom stereocenters. The van der Waals surface area contributed by atoms with Crippen LogP contribution in [0.3, 0.4) is 0 Å². The number of hydrogen-bond acceptors (Lipinski definition) is 8. The topological polar surface area (TPSA) is 132 Å². The second kappa shape index (κ2) is 10.3. The highest BCUT2D eigenvalue weighted by Crippen LogP contribution is 2.29. The summed E-state index contributed by atoms with van der Waals surface area (Å²) in [6.07, 6.45) is 4.84. The molecule has 3 N–H and O–H groups in total. The molecule has 0 saturated carbocycles. The molecule has 0 spiro atoms. The monoisotopic (exact) mass is 524 g/mol. The van der Waals surface area contributed by atoms with E-state index in [4.69, 9.17) is 9.72 Å². The van der Waals surface area contributed by atoms with Crippen molar-refractivity contribution >= 4 is 39.1 Å². The number of aromatic amines is 2. The van der Waals surface area contributed by atoms with Crippen molar-refractivity contribution in [3.63, 3.8) is 0 Å². The number of fused-ring (bicyclic) bond motifs is 2. The van der Waals surface area contributed by atoms with E-state index >= 15 is 0 Å². The zero-order valence-corrected chi connectivity index (χ0v) is 21.7. The van der Waals surface area contributed by atoms with Gasteiger partial charge in [-0.15, -0.1) is 0 Å². The summed E-state index contributed by atoms with van der Waals surface area (Å²) in [6, 6.07) is 11.3. The van der Waals surface area contributed by atoms with Gasteiger partial charge in [0, 0.05) is 54.9 Å². The summed E-state index contributed by atoms with van der Waals surface area (Å²) in [5, 5.41) is 13.1. The maximum absolute atomic E-state index is 13.1. The van der Waals surface area contributed by atoms with Gasteiger partial charge >= 0.3 is 0 Å². The molecule has 0 radical (unpaired) electrons. The Morgan fingerprint density at radius 2 is 1.97 bits per heavy atom. The Labute approximate surface area is 223 Å². The molecule has 0 bridgehead atoms. The van der Waals surface area contributed by atoms with E-state index in [1.807, 2.05) is 44.4 Å². The van der Waals surface area contributed by atoms with Crippen LogP contribution < -0.4 is 10.9 Å². The van der Waals surface area contributed by atoms with Crippen LogP contribution in [-0.4, -0.2) is 81.3 Å². The quantitative estimate of drug-likeness (QED) is 0.309. The molecule has 39 heavy (non-hydrogen) atoms. The van der Waals surface area contributed by atoms with E-state index in [9.17, 15) is 9.59 Å². The number of carbonyl (C=O) groups excluding carboxylic acids is 1. The van der Waals surface area contributed by atoms with Gasteiger partial charge in [0.15, 0.2) is 0 Å². The predicted molar refractivity (Wildman–Crippen MR) is 149 cm³/mol. The smallest absolute Gasteiger partial charge is 0.259 e. The number of amides is 1. The van der Waals surface area contributed by atoms with Crippen molar-refractivity contribution in [2.24, 2.45) is 0 Å². The molecule has 5 heterocycles. The second-order valence-corrected chi connectivity index (χ2v) is 9.79. The first-order valence-corrected chi connectivity index (χ1v) is 12.7. The Morgan fingerprint density at radius 3 is 2.79 bits per heavy atom. The van der Waals surface area contributed by atoms with Crippen LogP contribution in [0.1, 0.15) is 16.1 Å². The van der Waals surface area contributed by atoms with Crippen LogP contribution in [0.5, 0.6) is 0 Å². The number of ether oxygens (including phenoxy) is 1. The van der Waals surface area contributed by atoms with Crippen molar-refractivity contribution in [3.05, 3.63) is 76.6 Å². The van der Waals surface area contributed by atoms with Crippen LogP contribution in [0.15, 0.2) is 59.8 Å². The molecule has 1 saturated heterocycles. The van der Waals surface area contributed by atoms with Crippen LogP contribution in [0.4, 0.5) is 11.5 Å². The molecule has 1 amide bonds. The molecule has 5 aromatic rings. The van der Waals surface area contributed by atoms with Gasteiger partial charge in [-0.05, 0) is 55.9 Å². The highest BCUT2D eigenvalue weighted by molar-refractivity contribution is 5.97. The van der Waals surface area contributed by atoms with Crippen molar-refractivity contribution < 1.29 is 9.53 Å². The lowest BCUT2D eigenvalue weighted by Crippen LogP contribution is -2.40. The first-order chi connectivity index (χ1) is 19.0. The third-order valence-electron chi connectivity index (χ3n) is 6.70. The Kier molecular flexibility index (Phi) is 6.51. The van der Waals surface area contributed by atoms with Crippen molar-refractivity contribution in [3.8, 4) is 11.3 Å². The van der Waals surface area contributed by atoms with Gasteiger partial charge in [0.1, 0.15) is 5.82 Å². The Morgan fingerprint density at radius 1 is 1.13 bits per heavy atom. The standard InChI is InChI=1S/C28H28N8O3/c1-35(2)16-24-21-4-3-20(13-23(21)33-34-24)31-26-25-17(5-6-30-27(25)37)12-22(32-26)18-11-19(15-29-14-18)28(38)36-7-9-39-10-8-36/h3-6,11-15H,7-10,16H2,1-2H3,(H,30,37)(H,31,32)(H,33,34). The van der Waals surface area contributed by atoms with Gasteiger partial charge in [0.05, 0.1) is 41.1 Å². The van der Waals surface area contributed by atoms with E-state index in [1.54, 1.807) is 29.6 Å². The number of pyridine rings is 3. The van der Waals surface area contributed by atoms with E-state index in [0.29, 0.717) is 59.7 Å². The van der Waals surface area contributed by atoms with Crippen molar-refractivity contribution in [2.45, 2.75) is 6.54 Å². The number of carbonyl (C=O) groups is 1. The number of nitrogens with one attached hydrogen (secondary N) is 3. The van der Waals surface area contributed by atoms with Crippen LogP contribution in [0.25, 0.3) is 32.9 Å². The molecule has 1 aliphatic heterocycles. The minimum atomic E-state index is -0.252. The summed E-state index contributed by atoms with van der Waals surface area (Å²) in [4.78, 5) is 41.6. The van der Waals surface area contributed by atoms with E-state index in [1.165, 1.54) is 0 Å². The molecule has 198 valence electrons. The molecule has 1 aliphatic rings. The molecule has 11 nitrogen and oxygen atoms in total. The predicted octanol–water partition coefficient (Wildman–Crippen LogP) is 3.14. The van der Waals surface area contributed by atoms with E-state index in [2.05, 4.69) is 30.4 Å². The summed E-state index contributed by atoms with van der Waals surface area (Å²) in [7, 11) is 4.02. The average Bonchev–Trinajstić information content (AvgIpc) is 3.34. The van der Waals surface area contributed by atoms with Gasteiger partial charge in [-0.25, -0.2) is 4.98 Å². The maximum atomic E-state index is 13.1. The number of rotatable bonds is 6.